The van der Waals surface area contributed by atoms with Gasteiger partial charge in [0, 0.05) is 38.7 Å². The Morgan fingerprint density at radius 1 is 1.04 bits per heavy atom. The zero-order chi connectivity index (χ0) is 18.7. The van der Waals surface area contributed by atoms with Gasteiger partial charge in [0.2, 0.25) is 5.91 Å². The van der Waals surface area contributed by atoms with Gasteiger partial charge < -0.3 is 9.80 Å². The number of aryl methyl sites for hydroxylation is 1. The molecule has 1 aliphatic heterocycles. The van der Waals surface area contributed by atoms with E-state index in [2.05, 4.69) is 23.8 Å². The van der Waals surface area contributed by atoms with Gasteiger partial charge in [0.05, 0.1) is 5.69 Å². The summed E-state index contributed by atoms with van der Waals surface area (Å²) in [5.41, 5.74) is 1.75. The lowest BCUT2D eigenvalue weighted by atomic mass is 10.1. The number of anilines is 1. The molecule has 1 aromatic carbocycles. The Balaban J connectivity index is 1.73. The third kappa shape index (κ3) is 4.12. The highest BCUT2D eigenvalue weighted by Gasteiger charge is 2.22. The van der Waals surface area contributed by atoms with Crippen molar-refractivity contribution in [2.75, 3.05) is 31.1 Å². The molecule has 0 bridgehead atoms. The van der Waals surface area contributed by atoms with E-state index >= 15 is 0 Å². The van der Waals surface area contributed by atoms with Crippen molar-refractivity contribution >= 4 is 11.7 Å². The van der Waals surface area contributed by atoms with Crippen LogP contribution in [-0.2, 0) is 4.79 Å². The summed E-state index contributed by atoms with van der Waals surface area (Å²) in [6.07, 6.45) is 0.594. The molecule has 0 atom stereocenters. The molecule has 2 heterocycles. The molecule has 2 aromatic rings. The molecule has 0 spiro atoms. The predicted molar refractivity (Wildman–Crippen MR) is 103 cm³/mol. The number of aromatic nitrogens is 2. The average molecular weight is 354 g/mol. The molecule has 1 aliphatic rings. The highest BCUT2D eigenvalue weighted by Crippen LogP contribution is 2.15. The van der Waals surface area contributed by atoms with E-state index in [0.717, 1.165) is 30.2 Å². The lowest BCUT2D eigenvalue weighted by Crippen LogP contribution is -2.49. The number of rotatable bonds is 4. The Labute approximate surface area is 154 Å². The first kappa shape index (κ1) is 18.2. The second kappa shape index (κ2) is 7.72. The molecule has 0 unspecified atom stereocenters. The van der Waals surface area contributed by atoms with Crippen LogP contribution in [0, 0.1) is 12.8 Å². The largest absolute Gasteiger partial charge is 0.352 e. The van der Waals surface area contributed by atoms with Crippen LogP contribution in [0.5, 0.6) is 0 Å². The van der Waals surface area contributed by atoms with Crippen molar-refractivity contribution in [2.45, 2.75) is 27.2 Å². The minimum absolute atomic E-state index is 0.150. The quantitative estimate of drug-likeness (QED) is 0.845. The average Bonchev–Trinajstić information content (AvgIpc) is 2.62. The molecule has 0 radical (unpaired) electrons. The number of piperazine rings is 1. The number of hydrogen-bond acceptors (Lipinski definition) is 4. The molecule has 6 heteroatoms. The lowest BCUT2D eigenvalue weighted by molar-refractivity contribution is -0.132. The Morgan fingerprint density at radius 2 is 1.69 bits per heavy atom. The van der Waals surface area contributed by atoms with Gasteiger partial charge >= 0.3 is 0 Å². The van der Waals surface area contributed by atoms with Crippen LogP contribution in [0.3, 0.4) is 0 Å². The van der Waals surface area contributed by atoms with Crippen molar-refractivity contribution in [3.05, 3.63) is 52.3 Å². The van der Waals surface area contributed by atoms with Crippen LogP contribution in [0.1, 0.15) is 25.8 Å². The zero-order valence-electron chi connectivity index (χ0n) is 15.7. The maximum atomic E-state index is 12.2. The normalized spacial score (nSPS) is 14.8. The van der Waals surface area contributed by atoms with Crippen molar-refractivity contribution in [1.29, 1.82) is 0 Å². The molecule has 1 saturated heterocycles. The molecule has 0 aliphatic carbocycles. The Hall–Kier alpha value is -2.63. The molecule has 3 rings (SSSR count). The first-order chi connectivity index (χ1) is 12.4. The molecule has 1 aromatic heterocycles. The van der Waals surface area contributed by atoms with Crippen molar-refractivity contribution in [1.82, 2.24) is 14.7 Å². The molecule has 0 saturated carbocycles. The number of benzene rings is 1. The Morgan fingerprint density at radius 3 is 2.31 bits per heavy atom. The number of carbonyl (C=O) groups excluding carboxylic acids is 1. The summed E-state index contributed by atoms with van der Waals surface area (Å²) in [4.78, 5) is 28.5. The second-order valence-corrected chi connectivity index (χ2v) is 7.24. The molecule has 1 amide bonds. The molecule has 1 fully saturated rings. The first-order valence-electron chi connectivity index (χ1n) is 9.14. The summed E-state index contributed by atoms with van der Waals surface area (Å²) in [5.74, 6) is 1.36. The molecule has 0 N–H and O–H groups in total. The lowest BCUT2D eigenvalue weighted by Gasteiger charge is -2.35. The summed E-state index contributed by atoms with van der Waals surface area (Å²) >= 11 is 0. The van der Waals surface area contributed by atoms with E-state index in [4.69, 9.17) is 0 Å². The van der Waals surface area contributed by atoms with E-state index in [0.29, 0.717) is 25.4 Å². The van der Waals surface area contributed by atoms with Gasteiger partial charge in [-0.3, -0.25) is 9.59 Å². The zero-order valence-corrected chi connectivity index (χ0v) is 15.7. The summed E-state index contributed by atoms with van der Waals surface area (Å²) in [6, 6.07) is 11.0. The Bertz CT molecular complexity index is 818. The van der Waals surface area contributed by atoms with Crippen molar-refractivity contribution in [3.8, 4) is 5.69 Å². The van der Waals surface area contributed by atoms with Gasteiger partial charge in [-0.1, -0.05) is 31.5 Å². The maximum absolute atomic E-state index is 12.2. The number of carbonyl (C=O) groups is 1. The van der Waals surface area contributed by atoms with Crippen LogP contribution in [0.4, 0.5) is 5.82 Å². The van der Waals surface area contributed by atoms with Gasteiger partial charge in [-0.15, -0.1) is 5.10 Å². The third-order valence-electron chi connectivity index (χ3n) is 4.60. The minimum atomic E-state index is -0.150. The first-order valence-corrected chi connectivity index (χ1v) is 9.14. The smallest absolute Gasteiger partial charge is 0.271 e. The summed E-state index contributed by atoms with van der Waals surface area (Å²) in [6.45, 7) is 8.97. The number of hydrogen-bond donors (Lipinski definition) is 0. The Kier molecular flexibility index (Phi) is 5.40. The fraction of sp³-hybridized carbons (Fsp3) is 0.450. The van der Waals surface area contributed by atoms with Crippen LogP contribution in [0.15, 0.2) is 41.2 Å². The number of nitrogens with zero attached hydrogens (tertiary/aromatic N) is 4. The highest BCUT2D eigenvalue weighted by molar-refractivity contribution is 5.76. The van der Waals surface area contributed by atoms with Crippen molar-refractivity contribution < 1.29 is 4.79 Å². The second-order valence-electron chi connectivity index (χ2n) is 7.24. The summed E-state index contributed by atoms with van der Waals surface area (Å²) < 4.78 is 1.44. The van der Waals surface area contributed by atoms with Gasteiger partial charge in [-0.25, -0.2) is 0 Å². The van der Waals surface area contributed by atoms with Crippen LogP contribution < -0.4 is 10.5 Å². The van der Waals surface area contributed by atoms with E-state index in [-0.39, 0.29) is 11.5 Å². The minimum Gasteiger partial charge on any atom is -0.352 e. The molecular formula is C20H26N4O2. The third-order valence-corrected chi connectivity index (χ3v) is 4.60. The van der Waals surface area contributed by atoms with Crippen LogP contribution in [0.2, 0.25) is 0 Å². The molecule has 6 nitrogen and oxygen atoms in total. The van der Waals surface area contributed by atoms with Gasteiger partial charge in [0.1, 0.15) is 5.82 Å². The highest BCUT2D eigenvalue weighted by atomic mass is 16.2. The molecule has 138 valence electrons. The number of amides is 1. The monoisotopic (exact) mass is 354 g/mol. The van der Waals surface area contributed by atoms with E-state index in [9.17, 15) is 9.59 Å². The van der Waals surface area contributed by atoms with Crippen molar-refractivity contribution in [3.63, 3.8) is 0 Å². The molecular weight excluding hydrogens is 328 g/mol. The maximum Gasteiger partial charge on any atom is 0.271 e. The van der Waals surface area contributed by atoms with Gasteiger partial charge in [-0.2, -0.15) is 4.68 Å². The van der Waals surface area contributed by atoms with Crippen LogP contribution in [-0.4, -0.2) is 46.8 Å². The predicted octanol–water partition coefficient (Wildman–Crippen LogP) is 2.24. The topological polar surface area (TPSA) is 58.4 Å². The molecule has 26 heavy (non-hydrogen) atoms. The van der Waals surface area contributed by atoms with Gasteiger partial charge in [0.25, 0.3) is 5.56 Å². The van der Waals surface area contributed by atoms with E-state index in [1.165, 1.54) is 4.68 Å². The fourth-order valence-electron chi connectivity index (χ4n) is 3.10. The summed E-state index contributed by atoms with van der Waals surface area (Å²) in [7, 11) is 0. The van der Waals surface area contributed by atoms with Crippen LogP contribution >= 0.6 is 0 Å². The standard InChI is InChI=1S/C20H26N4O2/c1-15(2)14-20(26)23-12-10-22(11-13-23)18-8-9-19(25)24(21-18)17-6-4-16(3)5-7-17/h4-9,15H,10-14H2,1-3H3. The summed E-state index contributed by atoms with van der Waals surface area (Å²) in [5, 5.41) is 4.54. The van der Waals surface area contributed by atoms with Crippen LogP contribution in [0.25, 0.3) is 5.69 Å². The van der Waals surface area contributed by atoms with E-state index in [1.54, 1.807) is 12.1 Å². The van der Waals surface area contributed by atoms with Crippen molar-refractivity contribution in [2.24, 2.45) is 5.92 Å². The van der Waals surface area contributed by atoms with E-state index in [1.807, 2.05) is 36.1 Å². The van der Waals surface area contributed by atoms with Gasteiger partial charge in [-0.05, 0) is 31.0 Å². The SMILES string of the molecule is Cc1ccc(-n2nc(N3CCN(C(=O)CC(C)C)CC3)ccc2=O)cc1. The van der Waals surface area contributed by atoms with E-state index < -0.39 is 0 Å². The van der Waals surface area contributed by atoms with Gasteiger partial charge in [0.15, 0.2) is 0 Å². The fourth-order valence-corrected chi connectivity index (χ4v) is 3.10.